The number of likely N-dealkylation sites (tertiary alicyclic amines) is 1. The lowest BCUT2D eigenvalue weighted by Crippen LogP contribution is -2.47. The van der Waals surface area contributed by atoms with Crippen molar-refractivity contribution < 1.29 is 4.79 Å². The second kappa shape index (κ2) is 10.2. The van der Waals surface area contributed by atoms with Crippen molar-refractivity contribution in [3.05, 3.63) is 48.2 Å². The van der Waals surface area contributed by atoms with E-state index >= 15 is 0 Å². The van der Waals surface area contributed by atoms with Gasteiger partial charge in [-0.2, -0.15) is 5.10 Å². The minimum absolute atomic E-state index is 0. The number of carbonyl (C=O) groups excluding carboxylic acids is 1. The van der Waals surface area contributed by atoms with E-state index < -0.39 is 0 Å². The van der Waals surface area contributed by atoms with Crippen molar-refractivity contribution in [1.29, 1.82) is 0 Å². The van der Waals surface area contributed by atoms with E-state index in [1.54, 1.807) is 6.20 Å². The van der Waals surface area contributed by atoms with Crippen LogP contribution in [0, 0.1) is 0 Å². The van der Waals surface area contributed by atoms with Crippen LogP contribution in [0.3, 0.4) is 0 Å². The molecule has 8 heteroatoms. The van der Waals surface area contributed by atoms with Gasteiger partial charge in [-0.05, 0) is 39.8 Å². The van der Waals surface area contributed by atoms with Gasteiger partial charge in [-0.15, -0.1) is 24.8 Å². The van der Waals surface area contributed by atoms with Gasteiger partial charge < -0.3 is 10.2 Å². The topological polar surface area (TPSA) is 63.1 Å². The highest BCUT2D eigenvalue weighted by Crippen LogP contribution is 2.28. The third-order valence-electron chi connectivity index (χ3n) is 5.47. The summed E-state index contributed by atoms with van der Waals surface area (Å²) in [6.07, 6.45) is 3.90. The number of carbonyl (C=O) groups is 1. The van der Waals surface area contributed by atoms with Gasteiger partial charge in [0.25, 0.3) is 5.91 Å². The molecule has 1 unspecified atom stereocenters. The Morgan fingerprint density at radius 2 is 1.93 bits per heavy atom. The number of amides is 1. The van der Waals surface area contributed by atoms with Gasteiger partial charge in [0.05, 0.1) is 22.8 Å². The van der Waals surface area contributed by atoms with E-state index in [0.29, 0.717) is 11.6 Å². The molecule has 2 aromatic heterocycles. The lowest BCUT2D eigenvalue weighted by atomic mass is 10.0. The molecule has 0 bridgehead atoms. The van der Waals surface area contributed by atoms with E-state index in [1.807, 2.05) is 53.0 Å². The van der Waals surface area contributed by atoms with Crippen molar-refractivity contribution in [3.8, 4) is 11.3 Å². The number of halogens is 2. The number of nitrogens with one attached hydrogen (secondary N) is 1. The van der Waals surface area contributed by atoms with Gasteiger partial charge in [-0.25, -0.2) is 9.67 Å². The quantitative estimate of drug-likeness (QED) is 0.642. The van der Waals surface area contributed by atoms with E-state index in [9.17, 15) is 4.79 Å². The number of rotatable bonds is 4. The first-order chi connectivity index (χ1) is 13.6. The maximum absolute atomic E-state index is 13.5. The molecule has 1 amide bonds. The molecule has 162 valence electrons. The molecule has 0 aliphatic carbocycles. The highest BCUT2D eigenvalue weighted by molar-refractivity contribution is 6.06. The van der Waals surface area contributed by atoms with Crippen molar-refractivity contribution in [2.24, 2.45) is 0 Å². The fraction of sp³-hybridized carbons (Fsp3) is 0.409. The lowest BCUT2D eigenvalue weighted by molar-refractivity contribution is 0.0700. The van der Waals surface area contributed by atoms with Crippen molar-refractivity contribution >= 4 is 41.8 Å². The normalized spacial score (nSPS) is 16.3. The molecular formula is C22H29Cl2N5O. The summed E-state index contributed by atoms with van der Waals surface area (Å²) in [7, 11) is 1.96. The maximum Gasteiger partial charge on any atom is 0.254 e. The van der Waals surface area contributed by atoms with Crippen molar-refractivity contribution in [1.82, 2.24) is 25.0 Å². The van der Waals surface area contributed by atoms with E-state index in [2.05, 4.69) is 24.3 Å². The van der Waals surface area contributed by atoms with Crippen LogP contribution >= 0.6 is 24.8 Å². The summed E-state index contributed by atoms with van der Waals surface area (Å²) in [6.45, 7) is 5.68. The number of benzene rings is 1. The number of hydrogen-bond donors (Lipinski definition) is 1. The van der Waals surface area contributed by atoms with E-state index in [0.717, 1.165) is 48.2 Å². The summed E-state index contributed by atoms with van der Waals surface area (Å²) in [5.74, 6) is 0.0628. The smallest absolute Gasteiger partial charge is 0.254 e. The molecule has 1 fully saturated rings. The van der Waals surface area contributed by atoms with Crippen molar-refractivity contribution in [2.75, 3.05) is 20.1 Å². The SMILES string of the molecule is CNC1CCCN(C(=O)c2cc(-c3ccccc3)nc3c2cnn3C(C)C)C1.Cl.Cl. The highest BCUT2D eigenvalue weighted by Gasteiger charge is 2.26. The Morgan fingerprint density at radius 3 is 2.60 bits per heavy atom. The van der Waals surface area contributed by atoms with Gasteiger partial charge in [-0.1, -0.05) is 30.3 Å². The van der Waals surface area contributed by atoms with Crippen LogP contribution in [-0.4, -0.2) is 51.8 Å². The predicted octanol–water partition coefficient (Wildman–Crippen LogP) is 4.35. The molecule has 1 aliphatic rings. The molecule has 1 aromatic carbocycles. The van der Waals surface area contributed by atoms with Crippen LogP contribution in [0.1, 0.15) is 43.1 Å². The fourth-order valence-electron chi connectivity index (χ4n) is 3.90. The average molecular weight is 450 g/mol. The van der Waals surface area contributed by atoms with Gasteiger partial charge in [0, 0.05) is 30.7 Å². The molecule has 1 aliphatic heterocycles. The Kier molecular flexibility index (Phi) is 8.24. The van der Waals surface area contributed by atoms with Gasteiger partial charge in [0.1, 0.15) is 0 Å². The second-order valence-electron chi connectivity index (χ2n) is 7.72. The largest absolute Gasteiger partial charge is 0.337 e. The minimum atomic E-state index is 0. The first kappa shape index (κ1) is 24.1. The van der Waals surface area contributed by atoms with Crippen LogP contribution in [0.15, 0.2) is 42.6 Å². The van der Waals surface area contributed by atoms with Crippen molar-refractivity contribution in [3.63, 3.8) is 0 Å². The maximum atomic E-state index is 13.5. The Morgan fingerprint density at radius 1 is 1.20 bits per heavy atom. The first-order valence-corrected chi connectivity index (χ1v) is 9.98. The van der Waals surface area contributed by atoms with Crippen LogP contribution in [0.4, 0.5) is 0 Å². The van der Waals surface area contributed by atoms with Crippen LogP contribution in [0.25, 0.3) is 22.3 Å². The molecule has 1 atom stereocenters. The molecule has 1 N–H and O–H groups in total. The van der Waals surface area contributed by atoms with E-state index in [-0.39, 0.29) is 36.8 Å². The minimum Gasteiger partial charge on any atom is -0.337 e. The number of fused-ring (bicyclic) bond motifs is 1. The lowest BCUT2D eigenvalue weighted by Gasteiger charge is -2.32. The first-order valence-electron chi connectivity index (χ1n) is 9.98. The van der Waals surface area contributed by atoms with Gasteiger partial charge in [0.2, 0.25) is 0 Å². The number of hydrogen-bond acceptors (Lipinski definition) is 4. The average Bonchev–Trinajstić information content (AvgIpc) is 3.17. The number of piperidine rings is 1. The number of aromatic nitrogens is 3. The standard InChI is InChI=1S/C22H27N5O.2ClH/c1-15(2)27-21-19(13-24-27)18(12-20(25-21)16-8-5-4-6-9-16)22(28)26-11-7-10-17(14-26)23-3;;/h4-6,8-9,12-13,15,17,23H,7,10-11,14H2,1-3H3;2*1H. The Hall–Kier alpha value is -2.15. The summed E-state index contributed by atoms with van der Waals surface area (Å²) >= 11 is 0. The Balaban J connectivity index is 0.00000160. The molecule has 0 saturated carbocycles. The molecule has 30 heavy (non-hydrogen) atoms. The fourth-order valence-corrected chi connectivity index (χ4v) is 3.90. The zero-order valence-electron chi connectivity index (χ0n) is 17.5. The molecule has 0 spiro atoms. The molecule has 1 saturated heterocycles. The second-order valence-corrected chi connectivity index (χ2v) is 7.72. The zero-order chi connectivity index (χ0) is 19.7. The zero-order valence-corrected chi connectivity index (χ0v) is 19.2. The van der Waals surface area contributed by atoms with Gasteiger partial charge >= 0.3 is 0 Å². The van der Waals surface area contributed by atoms with E-state index in [1.165, 1.54) is 0 Å². The van der Waals surface area contributed by atoms with Crippen molar-refractivity contribution in [2.45, 2.75) is 38.8 Å². The van der Waals surface area contributed by atoms with E-state index in [4.69, 9.17) is 4.98 Å². The summed E-state index contributed by atoms with van der Waals surface area (Å²) in [6, 6.07) is 12.5. The van der Waals surface area contributed by atoms with Gasteiger partial charge in [-0.3, -0.25) is 4.79 Å². The monoisotopic (exact) mass is 449 g/mol. The Labute approximate surface area is 189 Å². The predicted molar refractivity (Wildman–Crippen MR) is 126 cm³/mol. The molecule has 4 rings (SSSR count). The Bertz CT molecular complexity index is 990. The third kappa shape index (κ3) is 4.61. The van der Waals surface area contributed by atoms with Crippen LogP contribution < -0.4 is 5.32 Å². The summed E-state index contributed by atoms with van der Waals surface area (Å²) in [4.78, 5) is 20.3. The highest BCUT2D eigenvalue weighted by atomic mass is 35.5. The van der Waals surface area contributed by atoms with Gasteiger partial charge in [0.15, 0.2) is 5.65 Å². The number of likely N-dealkylation sites (N-methyl/N-ethyl adjacent to an activating group) is 1. The third-order valence-corrected chi connectivity index (χ3v) is 5.47. The number of nitrogens with zero attached hydrogens (tertiary/aromatic N) is 4. The van der Waals surface area contributed by atoms with Crippen LogP contribution in [0.2, 0.25) is 0 Å². The number of pyridine rings is 1. The summed E-state index contributed by atoms with van der Waals surface area (Å²) < 4.78 is 1.89. The molecule has 3 aromatic rings. The molecular weight excluding hydrogens is 421 g/mol. The molecule has 6 nitrogen and oxygen atoms in total. The summed E-state index contributed by atoms with van der Waals surface area (Å²) in [5, 5.41) is 8.65. The molecule has 3 heterocycles. The molecule has 0 radical (unpaired) electrons. The van der Waals surface area contributed by atoms with Crippen LogP contribution in [0.5, 0.6) is 0 Å². The van der Waals surface area contributed by atoms with Crippen LogP contribution in [-0.2, 0) is 0 Å². The summed E-state index contributed by atoms with van der Waals surface area (Å²) in [5.41, 5.74) is 3.26.